The lowest BCUT2D eigenvalue weighted by molar-refractivity contribution is -0.392. The summed E-state index contributed by atoms with van der Waals surface area (Å²) in [5, 5.41) is 24.5. The fourth-order valence-corrected chi connectivity index (χ4v) is 2.70. The molecule has 0 aliphatic heterocycles. The zero-order valence-electron chi connectivity index (χ0n) is 11.3. The van der Waals surface area contributed by atoms with E-state index in [4.69, 9.17) is 11.6 Å². The van der Waals surface area contributed by atoms with Crippen molar-refractivity contribution in [2.75, 3.05) is 5.32 Å². The van der Waals surface area contributed by atoms with E-state index in [9.17, 15) is 33.4 Å². The van der Waals surface area contributed by atoms with Crippen molar-refractivity contribution < 1.29 is 23.0 Å². The number of benzene rings is 1. The molecule has 13 heteroatoms. The summed E-state index contributed by atoms with van der Waals surface area (Å²) < 4.78 is 38.5. The third-order valence-corrected chi connectivity index (χ3v) is 3.90. The number of nitrogens with zero attached hydrogens (tertiary/aromatic N) is 3. The molecule has 0 aliphatic rings. The van der Waals surface area contributed by atoms with E-state index in [0.717, 1.165) is 11.3 Å². The molecule has 0 amide bonds. The maximum Gasteiger partial charge on any atom is 0.416 e. The highest BCUT2D eigenvalue weighted by molar-refractivity contribution is 7.15. The molecule has 0 bridgehead atoms. The van der Waals surface area contributed by atoms with Crippen LogP contribution < -0.4 is 5.32 Å². The van der Waals surface area contributed by atoms with E-state index >= 15 is 0 Å². The number of nitrogens with one attached hydrogen (secondary N) is 1. The van der Waals surface area contributed by atoms with Gasteiger partial charge in [0, 0.05) is 23.2 Å². The molecule has 0 fully saturated rings. The van der Waals surface area contributed by atoms with E-state index in [1.54, 1.807) is 0 Å². The van der Waals surface area contributed by atoms with Crippen LogP contribution in [0.1, 0.15) is 10.4 Å². The van der Waals surface area contributed by atoms with Crippen molar-refractivity contribution in [3.63, 3.8) is 0 Å². The second kappa shape index (κ2) is 6.57. The Balaban J connectivity index is 2.50. The van der Waals surface area contributed by atoms with Crippen LogP contribution in [0.3, 0.4) is 0 Å². The minimum atomic E-state index is -4.96. The molecule has 1 N–H and O–H groups in total. The summed E-state index contributed by atoms with van der Waals surface area (Å²) in [7, 11) is 0. The van der Waals surface area contributed by atoms with Gasteiger partial charge in [-0.15, -0.1) is 11.3 Å². The van der Waals surface area contributed by atoms with E-state index < -0.39 is 38.6 Å². The predicted molar refractivity (Wildman–Crippen MR) is 79.2 cm³/mol. The topological polar surface area (TPSA) is 111 Å². The van der Waals surface area contributed by atoms with E-state index in [1.165, 1.54) is 6.20 Å². The van der Waals surface area contributed by atoms with Gasteiger partial charge in [-0.1, -0.05) is 11.6 Å². The number of rotatable bonds is 5. The van der Waals surface area contributed by atoms with Crippen molar-refractivity contribution in [3.05, 3.63) is 53.5 Å². The lowest BCUT2D eigenvalue weighted by Gasteiger charge is -2.11. The molecule has 0 aliphatic carbocycles. The van der Waals surface area contributed by atoms with E-state index in [0.29, 0.717) is 4.88 Å². The summed E-state index contributed by atoms with van der Waals surface area (Å²) in [6, 6.07) is 0.490. The Labute approximate surface area is 140 Å². The maximum absolute atomic E-state index is 12.8. The highest BCUT2D eigenvalue weighted by Crippen LogP contribution is 2.41. The molecule has 0 saturated heterocycles. The van der Waals surface area contributed by atoms with Gasteiger partial charge < -0.3 is 5.32 Å². The second-order valence-corrected chi connectivity index (χ2v) is 6.03. The highest BCUT2D eigenvalue weighted by Gasteiger charge is 2.37. The predicted octanol–water partition coefficient (Wildman–Crippen LogP) is 4.24. The third kappa shape index (κ3) is 3.89. The molecule has 0 unspecified atom stereocenters. The first-order valence-corrected chi connectivity index (χ1v) is 7.17. The molecule has 1 heterocycles. The molecule has 0 radical (unpaired) electrons. The summed E-state index contributed by atoms with van der Waals surface area (Å²) >= 11 is 6.63. The lowest BCUT2D eigenvalue weighted by atomic mass is 10.1. The van der Waals surface area contributed by atoms with Gasteiger partial charge in [-0.05, 0) is 0 Å². The molecule has 24 heavy (non-hydrogen) atoms. The molecule has 0 saturated carbocycles. The van der Waals surface area contributed by atoms with Crippen molar-refractivity contribution >= 4 is 40.0 Å². The van der Waals surface area contributed by atoms with Crippen LogP contribution in [-0.2, 0) is 12.7 Å². The number of halogens is 4. The summed E-state index contributed by atoms with van der Waals surface area (Å²) in [6.07, 6.45) is -3.62. The van der Waals surface area contributed by atoms with E-state index in [-0.39, 0.29) is 23.1 Å². The Bertz CT molecular complexity index is 776. The monoisotopic (exact) mass is 382 g/mol. The van der Waals surface area contributed by atoms with Gasteiger partial charge in [-0.2, -0.15) is 13.2 Å². The molecule has 2 rings (SSSR count). The molecule has 1 aromatic heterocycles. The average Bonchev–Trinajstić information content (AvgIpc) is 2.88. The maximum atomic E-state index is 12.8. The van der Waals surface area contributed by atoms with Crippen LogP contribution >= 0.6 is 22.9 Å². The first kappa shape index (κ1) is 17.9. The zero-order chi connectivity index (χ0) is 18.1. The molecular formula is C11H6ClF3N4O4S. The smallest absolute Gasteiger partial charge is 0.369 e. The molecule has 128 valence electrons. The van der Waals surface area contributed by atoms with Crippen LogP contribution in [0.2, 0.25) is 4.47 Å². The van der Waals surface area contributed by atoms with Crippen LogP contribution in [0.25, 0.3) is 0 Å². The standard InChI is InChI=1S/C11H6ClF3N4O4S/c12-10-17-4-6(24-10)3-16-9-7(18(20)21)1-5(11(13,14)15)2-8(9)19(22)23/h1-2,4,16H,3H2. The zero-order valence-corrected chi connectivity index (χ0v) is 12.9. The number of hydrogen-bond acceptors (Lipinski definition) is 7. The van der Waals surface area contributed by atoms with Crippen molar-refractivity contribution in [1.82, 2.24) is 4.98 Å². The first-order valence-electron chi connectivity index (χ1n) is 5.97. The molecular weight excluding hydrogens is 377 g/mol. The average molecular weight is 383 g/mol. The normalized spacial score (nSPS) is 11.3. The van der Waals surface area contributed by atoms with Crippen LogP contribution in [-0.4, -0.2) is 14.8 Å². The van der Waals surface area contributed by atoms with Gasteiger partial charge in [-0.25, -0.2) is 4.98 Å². The van der Waals surface area contributed by atoms with Gasteiger partial charge in [0.05, 0.1) is 22.0 Å². The van der Waals surface area contributed by atoms with Gasteiger partial charge >= 0.3 is 6.18 Å². The molecule has 2 aromatic rings. The summed E-state index contributed by atoms with van der Waals surface area (Å²) in [5.74, 6) is 0. The minimum Gasteiger partial charge on any atom is -0.369 e. The number of hydrogen-bond donors (Lipinski definition) is 1. The van der Waals surface area contributed by atoms with Crippen LogP contribution in [0.5, 0.6) is 0 Å². The van der Waals surface area contributed by atoms with Gasteiger partial charge in [0.25, 0.3) is 11.4 Å². The fourth-order valence-electron chi connectivity index (χ4n) is 1.79. The Morgan fingerprint density at radius 1 is 1.21 bits per heavy atom. The van der Waals surface area contributed by atoms with Gasteiger partial charge in [0.15, 0.2) is 10.2 Å². The summed E-state index contributed by atoms with van der Waals surface area (Å²) in [5.41, 5.74) is -4.20. The van der Waals surface area contributed by atoms with Gasteiger partial charge in [0.1, 0.15) is 0 Å². The quantitative estimate of drug-likeness (QED) is 0.611. The number of nitro groups is 2. The van der Waals surface area contributed by atoms with Crippen LogP contribution in [0.15, 0.2) is 18.3 Å². The molecule has 0 spiro atoms. The summed E-state index contributed by atoms with van der Waals surface area (Å²) in [4.78, 5) is 24.0. The summed E-state index contributed by atoms with van der Waals surface area (Å²) in [6.45, 7) is -0.128. The SMILES string of the molecule is O=[N+]([O-])c1cc(C(F)(F)F)cc([N+](=O)[O-])c1NCc1cnc(Cl)s1. The Kier molecular flexibility index (Phi) is 4.89. The molecule has 1 aromatic carbocycles. The van der Waals surface area contributed by atoms with Crippen LogP contribution in [0, 0.1) is 20.2 Å². The number of anilines is 1. The number of alkyl halides is 3. The molecule has 8 nitrogen and oxygen atoms in total. The van der Waals surface area contributed by atoms with E-state index in [2.05, 4.69) is 10.3 Å². The minimum absolute atomic E-state index is 0.128. The van der Waals surface area contributed by atoms with Crippen molar-refractivity contribution in [2.45, 2.75) is 12.7 Å². The van der Waals surface area contributed by atoms with Gasteiger partial charge in [0.2, 0.25) is 0 Å². The fraction of sp³-hybridized carbons (Fsp3) is 0.182. The number of aromatic nitrogens is 1. The third-order valence-electron chi connectivity index (χ3n) is 2.78. The Morgan fingerprint density at radius 3 is 2.12 bits per heavy atom. The van der Waals surface area contributed by atoms with Crippen molar-refractivity contribution in [2.24, 2.45) is 0 Å². The Hall–Kier alpha value is -2.47. The second-order valence-electron chi connectivity index (χ2n) is 4.33. The van der Waals surface area contributed by atoms with Crippen molar-refractivity contribution in [3.8, 4) is 0 Å². The lowest BCUT2D eigenvalue weighted by Crippen LogP contribution is -2.10. The highest BCUT2D eigenvalue weighted by atomic mass is 35.5. The Morgan fingerprint density at radius 2 is 1.75 bits per heavy atom. The largest absolute Gasteiger partial charge is 0.416 e. The van der Waals surface area contributed by atoms with Crippen molar-refractivity contribution in [1.29, 1.82) is 0 Å². The van der Waals surface area contributed by atoms with Gasteiger partial charge in [-0.3, -0.25) is 20.2 Å². The number of nitro benzene ring substituents is 2. The van der Waals surface area contributed by atoms with E-state index in [1.807, 2.05) is 0 Å². The number of thiazole rings is 1. The molecule has 0 atom stereocenters. The van der Waals surface area contributed by atoms with Crippen LogP contribution in [0.4, 0.5) is 30.2 Å². The first-order chi connectivity index (χ1) is 11.1.